The van der Waals surface area contributed by atoms with Crippen LogP contribution in [0.5, 0.6) is 0 Å². The summed E-state index contributed by atoms with van der Waals surface area (Å²) in [5.41, 5.74) is 3.15. The summed E-state index contributed by atoms with van der Waals surface area (Å²) in [6, 6.07) is 20.5. The highest BCUT2D eigenvalue weighted by atomic mass is 32.2. The molecule has 0 heterocycles. The van der Waals surface area contributed by atoms with E-state index in [1.54, 1.807) is 72.8 Å². The van der Waals surface area contributed by atoms with Crippen LogP contribution in [0, 0.1) is 0 Å². The number of benzene rings is 3. The Morgan fingerprint density at radius 2 is 1.58 bits per heavy atom. The maximum Gasteiger partial charge on any atom is 0.288 e. The minimum Gasteiger partial charge on any atom is -0.355 e. The molecular formula is C23H23F2N3O3S2. The fraction of sp³-hybridized carbons (Fsp3) is 0.174. The van der Waals surface area contributed by atoms with E-state index < -0.39 is 15.8 Å². The molecule has 33 heavy (non-hydrogen) atoms. The van der Waals surface area contributed by atoms with Gasteiger partial charge in [0.2, 0.25) is 10.0 Å². The van der Waals surface area contributed by atoms with E-state index in [9.17, 15) is 22.0 Å². The second-order valence-corrected chi connectivity index (χ2v) is 10.0. The molecule has 0 unspecified atom stereocenters. The number of anilines is 2. The fourth-order valence-electron chi connectivity index (χ4n) is 2.99. The zero-order chi connectivity index (χ0) is 23.8. The van der Waals surface area contributed by atoms with Crippen molar-refractivity contribution in [2.75, 3.05) is 12.4 Å². The van der Waals surface area contributed by atoms with Crippen molar-refractivity contribution >= 4 is 39.1 Å². The molecule has 10 heteroatoms. The molecule has 0 spiro atoms. The molecule has 174 valence electrons. The van der Waals surface area contributed by atoms with Crippen LogP contribution in [0.1, 0.15) is 21.5 Å². The van der Waals surface area contributed by atoms with E-state index >= 15 is 0 Å². The first-order valence-electron chi connectivity index (χ1n) is 9.94. The van der Waals surface area contributed by atoms with Gasteiger partial charge in [-0.05, 0) is 54.6 Å². The molecular weight excluding hydrogens is 468 g/mol. The Labute approximate surface area is 195 Å². The SMILES string of the molecule is CNS(=O)(=O)Cc1ccc(CNC(=O)c2ccccc2Nc2ccc(SC(F)F)cc2)cc1. The molecule has 3 aromatic rings. The molecule has 0 bridgehead atoms. The van der Waals surface area contributed by atoms with Crippen LogP contribution in [0.15, 0.2) is 77.7 Å². The minimum absolute atomic E-state index is 0.114. The Morgan fingerprint density at radius 1 is 0.939 bits per heavy atom. The van der Waals surface area contributed by atoms with E-state index in [2.05, 4.69) is 15.4 Å². The molecule has 3 aromatic carbocycles. The first-order valence-corrected chi connectivity index (χ1v) is 12.5. The number of halogens is 2. The van der Waals surface area contributed by atoms with Crippen molar-refractivity contribution < 1.29 is 22.0 Å². The van der Waals surface area contributed by atoms with Crippen molar-refractivity contribution in [3.8, 4) is 0 Å². The lowest BCUT2D eigenvalue weighted by molar-refractivity contribution is 0.0951. The summed E-state index contributed by atoms with van der Waals surface area (Å²) in [6.07, 6.45) is 0. The standard InChI is InChI=1S/C23H23F2N3O3S2/c1-26-33(30,31)15-17-8-6-16(7-9-17)14-27-22(29)20-4-2-3-5-21(20)28-18-10-12-19(13-11-18)32-23(24)25/h2-13,23,26,28H,14-15H2,1H3,(H,27,29). The number of carbonyl (C=O) groups excluding carboxylic acids is 1. The normalized spacial score (nSPS) is 11.4. The fourth-order valence-corrected chi connectivity index (χ4v) is 4.26. The van der Waals surface area contributed by atoms with Gasteiger partial charge < -0.3 is 10.6 Å². The zero-order valence-corrected chi connectivity index (χ0v) is 19.3. The number of alkyl halides is 2. The van der Waals surface area contributed by atoms with E-state index in [-0.39, 0.29) is 18.2 Å². The van der Waals surface area contributed by atoms with Crippen LogP contribution in [0.2, 0.25) is 0 Å². The van der Waals surface area contributed by atoms with Gasteiger partial charge in [-0.3, -0.25) is 4.79 Å². The molecule has 6 nitrogen and oxygen atoms in total. The summed E-state index contributed by atoms with van der Waals surface area (Å²) in [4.78, 5) is 13.2. The number of thioether (sulfide) groups is 1. The number of hydrogen-bond donors (Lipinski definition) is 3. The van der Waals surface area contributed by atoms with Crippen LogP contribution in [0.3, 0.4) is 0 Å². The molecule has 0 saturated carbocycles. The molecule has 3 rings (SSSR count). The van der Waals surface area contributed by atoms with Gasteiger partial charge in [-0.15, -0.1) is 0 Å². The number of hydrogen-bond acceptors (Lipinski definition) is 5. The third-order valence-corrected chi connectivity index (χ3v) is 6.73. The summed E-state index contributed by atoms with van der Waals surface area (Å²) in [6.45, 7) is 0.270. The molecule has 0 radical (unpaired) electrons. The molecule has 0 aliphatic rings. The number of amides is 1. The molecule has 0 aliphatic carbocycles. The predicted molar refractivity (Wildman–Crippen MR) is 127 cm³/mol. The van der Waals surface area contributed by atoms with Crippen molar-refractivity contribution in [2.24, 2.45) is 0 Å². The van der Waals surface area contributed by atoms with Crippen molar-refractivity contribution in [3.63, 3.8) is 0 Å². The maximum atomic E-state index is 12.8. The topological polar surface area (TPSA) is 87.3 Å². The molecule has 0 fully saturated rings. The molecule has 1 amide bonds. The Hall–Kier alpha value is -2.95. The lowest BCUT2D eigenvalue weighted by Crippen LogP contribution is -2.23. The van der Waals surface area contributed by atoms with Gasteiger partial charge in [-0.1, -0.05) is 48.2 Å². The Bertz CT molecular complexity index is 1190. The third kappa shape index (κ3) is 7.55. The van der Waals surface area contributed by atoms with Gasteiger partial charge in [0.15, 0.2) is 0 Å². The van der Waals surface area contributed by atoms with Gasteiger partial charge in [0.25, 0.3) is 11.7 Å². The van der Waals surface area contributed by atoms with E-state index in [0.29, 0.717) is 39.2 Å². The summed E-state index contributed by atoms with van der Waals surface area (Å²) >= 11 is 0.472. The van der Waals surface area contributed by atoms with Crippen LogP contribution in [0.25, 0.3) is 0 Å². The second-order valence-electron chi connectivity index (χ2n) is 7.04. The maximum absolute atomic E-state index is 12.8. The van der Waals surface area contributed by atoms with E-state index in [4.69, 9.17) is 0 Å². The molecule has 0 aliphatic heterocycles. The summed E-state index contributed by atoms with van der Waals surface area (Å²) in [5.74, 6) is -2.88. The van der Waals surface area contributed by atoms with Crippen molar-refractivity contribution in [1.29, 1.82) is 0 Å². The van der Waals surface area contributed by atoms with E-state index in [1.165, 1.54) is 7.05 Å². The first kappa shape index (κ1) is 24.7. The van der Waals surface area contributed by atoms with Gasteiger partial charge >= 0.3 is 0 Å². The smallest absolute Gasteiger partial charge is 0.288 e. The van der Waals surface area contributed by atoms with Crippen molar-refractivity contribution in [1.82, 2.24) is 10.0 Å². The zero-order valence-electron chi connectivity index (χ0n) is 17.7. The van der Waals surface area contributed by atoms with Gasteiger partial charge in [-0.25, -0.2) is 13.1 Å². The first-order chi connectivity index (χ1) is 15.8. The lowest BCUT2D eigenvalue weighted by Gasteiger charge is -2.13. The Balaban J connectivity index is 1.63. The molecule has 0 saturated heterocycles. The highest BCUT2D eigenvalue weighted by Gasteiger charge is 2.12. The van der Waals surface area contributed by atoms with Crippen LogP contribution in [0.4, 0.5) is 20.2 Å². The van der Waals surface area contributed by atoms with Crippen LogP contribution in [-0.4, -0.2) is 27.1 Å². The average Bonchev–Trinajstić information content (AvgIpc) is 2.79. The van der Waals surface area contributed by atoms with E-state index in [1.807, 2.05) is 0 Å². The number of rotatable bonds is 10. The highest BCUT2D eigenvalue weighted by Crippen LogP contribution is 2.28. The van der Waals surface area contributed by atoms with Crippen molar-refractivity contribution in [2.45, 2.75) is 23.0 Å². The second kappa shape index (κ2) is 11.3. The predicted octanol–water partition coefficient (Wildman–Crippen LogP) is 4.72. The largest absolute Gasteiger partial charge is 0.355 e. The number of carbonyl (C=O) groups is 1. The Kier molecular flexibility index (Phi) is 8.43. The van der Waals surface area contributed by atoms with Crippen molar-refractivity contribution in [3.05, 3.63) is 89.5 Å². The van der Waals surface area contributed by atoms with Gasteiger partial charge in [0.1, 0.15) is 0 Å². The summed E-state index contributed by atoms with van der Waals surface area (Å²) in [5, 5.41) is 6.00. The molecule has 3 N–H and O–H groups in total. The number of nitrogens with one attached hydrogen (secondary N) is 3. The van der Waals surface area contributed by atoms with Gasteiger partial charge in [0, 0.05) is 17.1 Å². The van der Waals surface area contributed by atoms with Gasteiger partial charge in [-0.2, -0.15) is 8.78 Å². The van der Waals surface area contributed by atoms with E-state index in [0.717, 1.165) is 5.56 Å². The summed E-state index contributed by atoms with van der Waals surface area (Å²) in [7, 11) is -1.98. The lowest BCUT2D eigenvalue weighted by atomic mass is 10.1. The summed E-state index contributed by atoms with van der Waals surface area (Å²) < 4.78 is 50.5. The highest BCUT2D eigenvalue weighted by molar-refractivity contribution is 7.99. The average molecular weight is 492 g/mol. The van der Waals surface area contributed by atoms with Crippen LogP contribution in [-0.2, 0) is 22.3 Å². The number of para-hydroxylation sites is 1. The van der Waals surface area contributed by atoms with Crippen LogP contribution < -0.4 is 15.4 Å². The monoisotopic (exact) mass is 491 g/mol. The van der Waals surface area contributed by atoms with Gasteiger partial charge in [0.05, 0.1) is 17.0 Å². The molecule has 0 atom stereocenters. The van der Waals surface area contributed by atoms with Crippen LogP contribution >= 0.6 is 11.8 Å². The minimum atomic E-state index is -3.35. The number of sulfonamides is 1. The third-order valence-electron chi connectivity index (χ3n) is 4.67. The quantitative estimate of drug-likeness (QED) is 0.357. The molecule has 0 aromatic heterocycles. The Morgan fingerprint density at radius 3 is 2.21 bits per heavy atom.